The monoisotopic (exact) mass is 252 g/mol. The van der Waals surface area contributed by atoms with Crippen molar-refractivity contribution >= 4 is 0 Å². The van der Waals surface area contributed by atoms with E-state index >= 15 is 0 Å². The highest BCUT2D eigenvalue weighted by atomic mass is 16.1. The second-order valence-corrected chi connectivity index (χ2v) is 6.35. The highest BCUT2D eigenvalue weighted by Gasteiger charge is 2.29. The lowest BCUT2D eigenvalue weighted by Crippen LogP contribution is -2.35. The Labute approximate surface area is 108 Å². The summed E-state index contributed by atoms with van der Waals surface area (Å²) in [5.74, 6) is 1.96. The number of nitrogens with two attached hydrogens (primary N) is 1. The van der Waals surface area contributed by atoms with Gasteiger partial charge in [0.2, 0.25) is 0 Å². The molecule has 0 amide bonds. The Kier molecular flexibility index (Phi) is 3.61. The topological polar surface area (TPSA) is 76.7 Å². The Morgan fingerprint density at radius 3 is 2.44 bits per heavy atom. The van der Waals surface area contributed by atoms with Gasteiger partial charge in [0.25, 0.3) is 0 Å². The molecule has 0 saturated heterocycles. The molecule has 1 aliphatic rings. The zero-order chi connectivity index (χ0) is 13.3. The van der Waals surface area contributed by atoms with Crippen LogP contribution in [0.3, 0.4) is 0 Å². The minimum absolute atomic E-state index is 0.0987. The summed E-state index contributed by atoms with van der Waals surface area (Å²) in [7, 11) is 0. The number of nitrogens with zero attached hydrogens (tertiary/aromatic N) is 2. The maximum atomic E-state index is 11.9. The van der Waals surface area contributed by atoms with Crippen molar-refractivity contribution in [3.8, 4) is 0 Å². The summed E-state index contributed by atoms with van der Waals surface area (Å²) >= 11 is 0. The molecule has 0 aliphatic heterocycles. The largest absolute Gasteiger partial charge is 0.343 e. The lowest BCUT2D eigenvalue weighted by molar-refractivity contribution is 0.298. The highest BCUT2D eigenvalue weighted by molar-refractivity contribution is 5.02. The number of H-pyrrole nitrogens is 1. The molecule has 0 spiro atoms. The van der Waals surface area contributed by atoms with Gasteiger partial charge in [-0.15, -0.1) is 0 Å². The van der Waals surface area contributed by atoms with Gasteiger partial charge < -0.3 is 5.73 Å². The molecule has 0 atom stereocenters. The van der Waals surface area contributed by atoms with Crippen molar-refractivity contribution in [2.75, 3.05) is 6.54 Å². The third-order valence-electron chi connectivity index (χ3n) is 3.91. The standard InChI is InChI=1S/C13H24N4O/c1-13(2,3)17-11(15-16-12(17)18)10-6-4-9(8-14)5-7-10/h9-10H,4-8,14H2,1-3H3,(H,16,18). The van der Waals surface area contributed by atoms with E-state index in [1.54, 1.807) is 4.57 Å². The third-order valence-corrected chi connectivity index (χ3v) is 3.91. The van der Waals surface area contributed by atoms with Crippen molar-refractivity contribution < 1.29 is 0 Å². The molecule has 1 saturated carbocycles. The van der Waals surface area contributed by atoms with E-state index < -0.39 is 0 Å². The van der Waals surface area contributed by atoms with Crippen LogP contribution in [0.5, 0.6) is 0 Å². The van der Waals surface area contributed by atoms with E-state index in [-0.39, 0.29) is 11.2 Å². The molecule has 5 heteroatoms. The molecule has 102 valence electrons. The second-order valence-electron chi connectivity index (χ2n) is 6.35. The minimum Gasteiger partial charge on any atom is -0.330 e. The predicted molar refractivity (Wildman–Crippen MR) is 71.6 cm³/mol. The summed E-state index contributed by atoms with van der Waals surface area (Å²) in [6, 6.07) is 0. The molecule has 0 radical (unpaired) electrons. The molecule has 1 aliphatic carbocycles. The number of nitrogens with one attached hydrogen (secondary N) is 1. The molecule has 5 nitrogen and oxygen atoms in total. The Bertz CT molecular complexity index is 446. The van der Waals surface area contributed by atoms with Gasteiger partial charge in [0, 0.05) is 11.5 Å². The van der Waals surface area contributed by atoms with Crippen molar-refractivity contribution in [3.63, 3.8) is 0 Å². The van der Waals surface area contributed by atoms with Crippen molar-refractivity contribution in [2.45, 2.75) is 57.9 Å². The van der Waals surface area contributed by atoms with Gasteiger partial charge in [-0.1, -0.05) is 0 Å². The first-order valence-corrected chi connectivity index (χ1v) is 6.81. The Morgan fingerprint density at radius 2 is 1.94 bits per heavy atom. The van der Waals surface area contributed by atoms with Crippen LogP contribution in [0.25, 0.3) is 0 Å². The zero-order valence-electron chi connectivity index (χ0n) is 11.6. The minimum atomic E-state index is -0.218. The average molecular weight is 252 g/mol. The molecule has 1 fully saturated rings. The van der Waals surface area contributed by atoms with E-state index in [4.69, 9.17) is 5.73 Å². The van der Waals surface area contributed by atoms with Gasteiger partial charge >= 0.3 is 5.69 Å². The van der Waals surface area contributed by atoms with Gasteiger partial charge in [-0.05, 0) is 58.9 Å². The zero-order valence-corrected chi connectivity index (χ0v) is 11.6. The molecule has 1 aromatic heterocycles. The fraction of sp³-hybridized carbons (Fsp3) is 0.846. The quantitative estimate of drug-likeness (QED) is 0.838. The summed E-state index contributed by atoms with van der Waals surface area (Å²) in [5, 5.41) is 6.85. The first-order chi connectivity index (χ1) is 8.43. The second kappa shape index (κ2) is 4.88. The van der Waals surface area contributed by atoms with Gasteiger partial charge in [0.15, 0.2) is 0 Å². The fourth-order valence-corrected chi connectivity index (χ4v) is 2.89. The molecule has 2 rings (SSSR count). The normalized spacial score (nSPS) is 25.3. The highest BCUT2D eigenvalue weighted by Crippen LogP contribution is 2.35. The number of aromatic nitrogens is 3. The SMILES string of the molecule is CC(C)(C)n1c(C2CCC(CN)CC2)n[nH]c1=O. The maximum absolute atomic E-state index is 11.9. The maximum Gasteiger partial charge on any atom is 0.343 e. The molecule has 0 aromatic carbocycles. The van der Waals surface area contributed by atoms with Crippen molar-refractivity contribution in [1.82, 2.24) is 14.8 Å². The summed E-state index contributed by atoms with van der Waals surface area (Å²) < 4.78 is 1.81. The smallest absolute Gasteiger partial charge is 0.330 e. The van der Waals surface area contributed by atoms with E-state index in [9.17, 15) is 4.79 Å². The number of hydrogen-bond donors (Lipinski definition) is 2. The van der Waals surface area contributed by atoms with E-state index in [1.165, 1.54) is 0 Å². The van der Waals surface area contributed by atoms with E-state index in [1.807, 2.05) is 20.8 Å². The van der Waals surface area contributed by atoms with Gasteiger partial charge in [-0.2, -0.15) is 5.10 Å². The van der Waals surface area contributed by atoms with Crippen LogP contribution in [0.1, 0.15) is 58.2 Å². The molecular weight excluding hydrogens is 228 g/mol. The summed E-state index contributed by atoms with van der Waals surface area (Å²) in [4.78, 5) is 11.9. The van der Waals surface area contributed by atoms with Gasteiger partial charge in [-0.3, -0.25) is 4.57 Å². The van der Waals surface area contributed by atoms with Crippen LogP contribution in [0.15, 0.2) is 4.79 Å². The van der Waals surface area contributed by atoms with Crippen molar-refractivity contribution in [2.24, 2.45) is 11.7 Å². The van der Waals surface area contributed by atoms with Gasteiger partial charge in [-0.25, -0.2) is 9.89 Å². The fourth-order valence-electron chi connectivity index (χ4n) is 2.89. The summed E-state index contributed by atoms with van der Waals surface area (Å²) in [6.07, 6.45) is 4.46. The Balaban J connectivity index is 2.23. The molecule has 3 N–H and O–H groups in total. The summed E-state index contributed by atoms with van der Waals surface area (Å²) in [5.41, 5.74) is 5.40. The molecule has 1 heterocycles. The van der Waals surface area contributed by atoms with Gasteiger partial charge in [0.05, 0.1) is 0 Å². The van der Waals surface area contributed by atoms with Crippen LogP contribution in [0.4, 0.5) is 0 Å². The van der Waals surface area contributed by atoms with E-state index in [2.05, 4.69) is 10.2 Å². The molecule has 0 unspecified atom stereocenters. The van der Waals surface area contributed by atoms with Crippen molar-refractivity contribution in [1.29, 1.82) is 0 Å². The molecule has 18 heavy (non-hydrogen) atoms. The first kappa shape index (κ1) is 13.3. The van der Waals surface area contributed by atoms with Crippen LogP contribution in [0.2, 0.25) is 0 Å². The van der Waals surface area contributed by atoms with E-state index in [0.29, 0.717) is 11.8 Å². The Hall–Kier alpha value is -1.10. The van der Waals surface area contributed by atoms with Crippen LogP contribution in [0, 0.1) is 5.92 Å². The van der Waals surface area contributed by atoms with Crippen LogP contribution in [-0.2, 0) is 5.54 Å². The van der Waals surface area contributed by atoms with Crippen LogP contribution in [-0.4, -0.2) is 21.3 Å². The van der Waals surface area contributed by atoms with Crippen molar-refractivity contribution in [3.05, 3.63) is 16.3 Å². The first-order valence-electron chi connectivity index (χ1n) is 6.81. The van der Waals surface area contributed by atoms with Crippen LogP contribution < -0.4 is 11.4 Å². The summed E-state index contributed by atoms with van der Waals surface area (Å²) in [6.45, 7) is 6.90. The molecular formula is C13H24N4O. The molecule has 1 aromatic rings. The number of rotatable bonds is 2. The van der Waals surface area contributed by atoms with Gasteiger partial charge in [0.1, 0.15) is 5.82 Å². The lowest BCUT2D eigenvalue weighted by Gasteiger charge is -2.30. The number of hydrogen-bond acceptors (Lipinski definition) is 3. The van der Waals surface area contributed by atoms with E-state index in [0.717, 1.165) is 38.1 Å². The number of aromatic amines is 1. The van der Waals surface area contributed by atoms with Crippen LogP contribution >= 0.6 is 0 Å². The third kappa shape index (κ3) is 2.51. The lowest BCUT2D eigenvalue weighted by atomic mass is 9.81. The Morgan fingerprint density at radius 1 is 1.33 bits per heavy atom. The molecule has 0 bridgehead atoms. The average Bonchev–Trinajstić information content (AvgIpc) is 2.71. The predicted octanol–water partition coefficient (Wildman–Crippen LogP) is 1.56.